The standard InChI is InChI=1S/C27H22ClF3N2/c1-2-15-33-17-23(21-8-4-6-10-25(21)33)26(28,18-11-13-19(14-12-18)27(29,30)31)22-16-32-24-9-5-3-7-20(22)24/h3-14,16-17,32H,2,15H2,1H3. The predicted octanol–water partition coefficient (Wildman–Crippen LogP) is 8.08. The van der Waals surface area contributed by atoms with Gasteiger partial charge >= 0.3 is 6.18 Å². The Labute approximate surface area is 194 Å². The van der Waals surface area contributed by atoms with Crippen molar-refractivity contribution in [3.8, 4) is 0 Å². The van der Waals surface area contributed by atoms with Gasteiger partial charge in [-0.05, 0) is 36.2 Å². The van der Waals surface area contributed by atoms with Gasteiger partial charge in [-0.2, -0.15) is 13.2 Å². The van der Waals surface area contributed by atoms with E-state index in [1.165, 1.54) is 12.1 Å². The van der Waals surface area contributed by atoms with Gasteiger partial charge in [0.15, 0.2) is 0 Å². The van der Waals surface area contributed by atoms with Gasteiger partial charge in [0.25, 0.3) is 0 Å². The second-order valence-electron chi connectivity index (χ2n) is 8.23. The fraction of sp³-hybridized carbons (Fsp3) is 0.185. The quantitative estimate of drug-likeness (QED) is 0.253. The second kappa shape index (κ2) is 7.99. The minimum atomic E-state index is -4.41. The topological polar surface area (TPSA) is 20.7 Å². The molecular formula is C27H22ClF3N2. The van der Waals surface area contributed by atoms with E-state index in [-0.39, 0.29) is 0 Å². The first-order chi connectivity index (χ1) is 15.8. The average Bonchev–Trinajstić information content (AvgIpc) is 3.41. The van der Waals surface area contributed by atoms with Crippen LogP contribution in [-0.4, -0.2) is 9.55 Å². The lowest BCUT2D eigenvalue weighted by molar-refractivity contribution is -0.137. The first-order valence-electron chi connectivity index (χ1n) is 10.9. The summed E-state index contributed by atoms with van der Waals surface area (Å²) in [4.78, 5) is 2.09. The Bertz CT molecular complexity index is 1430. The summed E-state index contributed by atoms with van der Waals surface area (Å²) in [6.07, 6.45) is 0.439. The van der Waals surface area contributed by atoms with Gasteiger partial charge in [-0.25, -0.2) is 0 Å². The molecule has 6 heteroatoms. The summed E-state index contributed by atoms with van der Waals surface area (Å²) in [6.45, 7) is 2.92. The summed E-state index contributed by atoms with van der Waals surface area (Å²) in [5.41, 5.74) is 3.50. The molecule has 0 aliphatic rings. The van der Waals surface area contributed by atoms with Crippen LogP contribution in [-0.2, 0) is 17.6 Å². The highest BCUT2D eigenvalue weighted by molar-refractivity contribution is 6.30. The van der Waals surface area contributed by atoms with Gasteiger partial charge in [-0.1, -0.05) is 55.5 Å². The number of H-pyrrole nitrogens is 1. The van der Waals surface area contributed by atoms with Crippen LogP contribution in [0.5, 0.6) is 0 Å². The smallest absolute Gasteiger partial charge is 0.361 e. The van der Waals surface area contributed by atoms with Crippen molar-refractivity contribution in [2.45, 2.75) is 30.9 Å². The number of hydrogen-bond donors (Lipinski definition) is 1. The van der Waals surface area contributed by atoms with Crippen LogP contribution in [0, 0.1) is 0 Å². The average molecular weight is 467 g/mol. The van der Waals surface area contributed by atoms with Crippen molar-refractivity contribution in [2.75, 3.05) is 0 Å². The molecule has 0 aliphatic carbocycles. The Morgan fingerprint density at radius 2 is 1.45 bits per heavy atom. The fourth-order valence-electron chi connectivity index (χ4n) is 4.65. The number of nitrogens with one attached hydrogen (secondary N) is 1. The maximum absolute atomic E-state index is 13.3. The molecule has 0 radical (unpaired) electrons. The third kappa shape index (κ3) is 3.51. The van der Waals surface area contributed by atoms with Crippen LogP contribution >= 0.6 is 11.6 Å². The van der Waals surface area contributed by atoms with E-state index in [0.29, 0.717) is 5.56 Å². The number of alkyl halides is 4. The molecule has 5 rings (SSSR count). The fourth-order valence-corrected chi connectivity index (χ4v) is 5.08. The Kier molecular flexibility index (Phi) is 5.25. The van der Waals surface area contributed by atoms with Crippen molar-refractivity contribution in [3.05, 3.63) is 107 Å². The molecule has 2 nitrogen and oxygen atoms in total. The number of para-hydroxylation sites is 2. The zero-order valence-electron chi connectivity index (χ0n) is 18.0. The summed E-state index contributed by atoms with van der Waals surface area (Å²) in [7, 11) is 0. The van der Waals surface area contributed by atoms with Crippen molar-refractivity contribution < 1.29 is 13.2 Å². The highest BCUT2D eigenvalue weighted by Gasteiger charge is 2.40. The summed E-state index contributed by atoms with van der Waals surface area (Å²) in [5.74, 6) is 0. The minimum absolute atomic E-state index is 0.585. The highest BCUT2D eigenvalue weighted by Crippen LogP contribution is 2.49. The monoisotopic (exact) mass is 466 g/mol. The lowest BCUT2D eigenvalue weighted by atomic mass is 9.83. The summed E-state index contributed by atoms with van der Waals surface area (Å²) in [5, 5.41) is 1.91. The summed E-state index contributed by atoms with van der Waals surface area (Å²) >= 11 is 7.58. The molecule has 2 aromatic heterocycles. The number of benzene rings is 3. The molecule has 33 heavy (non-hydrogen) atoms. The number of fused-ring (bicyclic) bond motifs is 2. The first-order valence-corrected chi connectivity index (χ1v) is 11.2. The van der Waals surface area contributed by atoms with E-state index >= 15 is 0 Å². The van der Waals surface area contributed by atoms with E-state index < -0.39 is 16.6 Å². The van der Waals surface area contributed by atoms with E-state index in [1.54, 1.807) is 0 Å². The molecule has 168 valence electrons. The highest BCUT2D eigenvalue weighted by atomic mass is 35.5. The third-order valence-corrected chi connectivity index (χ3v) is 6.82. The maximum Gasteiger partial charge on any atom is 0.416 e. The first kappa shape index (κ1) is 21.7. The van der Waals surface area contributed by atoms with E-state index in [9.17, 15) is 13.2 Å². The van der Waals surface area contributed by atoms with Crippen molar-refractivity contribution >= 4 is 33.4 Å². The Morgan fingerprint density at radius 1 is 0.818 bits per heavy atom. The SMILES string of the molecule is CCCn1cc(C(Cl)(c2ccc(C(F)(F)F)cc2)c2c[nH]c3ccccc23)c2ccccc21. The van der Waals surface area contributed by atoms with Crippen LogP contribution in [0.4, 0.5) is 13.2 Å². The third-order valence-electron chi connectivity index (χ3n) is 6.19. The molecule has 1 atom stereocenters. The van der Waals surface area contributed by atoms with Crippen molar-refractivity contribution in [2.24, 2.45) is 0 Å². The molecule has 0 saturated heterocycles. The lowest BCUT2D eigenvalue weighted by Crippen LogP contribution is -2.22. The molecule has 0 amide bonds. The number of aryl methyl sites for hydroxylation is 1. The Balaban J connectivity index is 1.82. The van der Waals surface area contributed by atoms with E-state index in [2.05, 4.69) is 16.5 Å². The molecule has 0 aliphatic heterocycles. The van der Waals surface area contributed by atoms with Crippen LogP contribution in [0.3, 0.4) is 0 Å². The second-order valence-corrected chi connectivity index (χ2v) is 8.80. The van der Waals surface area contributed by atoms with Crippen LogP contribution in [0.15, 0.2) is 85.2 Å². The van der Waals surface area contributed by atoms with Crippen LogP contribution in [0.1, 0.15) is 35.6 Å². The molecule has 1 unspecified atom stereocenters. The summed E-state index contributed by atoms with van der Waals surface area (Å²) in [6, 6.07) is 21.0. The molecule has 0 bridgehead atoms. The van der Waals surface area contributed by atoms with Gasteiger partial charge in [0, 0.05) is 51.9 Å². The molecule has 5 aromatic rings. The van der Waals surface area contributed by atoms with E-state index in [1.807, 2.05) is 60.9 Å². The lowest BCUT2D eigenvalue weighted by Gasteiger charge is -2.28. The van der Waals surface area contributed by atoms with Crippen molar-refractivity contribution in [1.29, 1.82) is 0 Å². The van der Waals surface area contributed by atoms with Crippen molar-refractivity contribution in [3.63, 3.8) is 0 Å². The Hall–Kier alpha value is -3.18. The number of hydrogen-bond acceptors (Lipinski definition) is 0. The molecular weight excluding hydrogens is 445 g/mol. The zero-order chi connectivity index (χ0) is 23.2. The zero-order valence-corrected chi connectivity index (χ0v) is 18.7. The summed E-state index contributed by atoms with van der Waals surface area (Å²) < 4.78 is 42.0. The molecule has 0 spiro atoms. The molecule has 1 N–H and O–H groups in total. The maximum atomic E-state index is 13.3. The molecule has 3 aromatic carbocycles. The van der Waals surface area contributed by atoms with Gasteiger partial charge < -0.3 is 9.55 Å². The van der Waals surface area contributed by atoms with Gasteiger partial charge in [0.05, 0.1) is 5.56 Å². The minimum Gasteiger partial charge on any atom is -0.361 e. The molecule has 2 heterocycles. The van der Waals surface area contributed by atoms with Gasteiger partial charge in [0.1, 0.15) is 4.87 Å². The molecule has 0 saturated carbocycles. The largest absolute Gasteiger partial charge is 0.416 e. The van der Waals surface area contributed by atoms with Gasteiger partial charge in [-0.3, -0.25) is 0 Å². The van der Waals surface area contributed by atoms with Crippen LogP contribution < -0.4 is 0 Å². The number of nitrogens with zero attached hydrogens (tertiary/aromatic N) is 1. The van der Waals surface area contributed by atoms with Crippen LogP contribution in [0.25, 0.3) is 21.8 Å². The Morgan fingerprint density at radius 3 is 2.15 bits per heavy atom. The van der Waals surface area contributed by atoms with E-state index in [4.69, 9.17) is 11.6 Å². The van der Waals surface area contributed by atoms with Gasteiger partial charge in [0.2, 0.25) is 0 Å². The van der Waals surface area contributed by atoms with Crippen molar-refractivity contribution in [1.82, 2.24) is 9.55 Å². The normalized spacial score (nSPS) is 14.1. The number of aromatic amines is 1. The number of halogens is 4. The predicted molar refractivity (Wildman–Crippen MR) is 128 cm³/mol. The van der Waals surface area contributed by atoms with Crippen LogP contribution in [0.2, 0.25) is 0 Å². The van der Waals surface area contributed by atoms with Gasteiger partial charge in [-0.15, -0.1) is 11.6 Å². The number of aromatic nitrogens is 2. The molecule has 0 fully saturated rings. The van der Waals surface area contributed by atoms with E-state index in [0.717, 1.165) is 58.0 Å². The number of rotatable bonds is 5.